The SMILES string of the molecule is Cc1nnc(OCCC2CCCN2C)c(C#N)c1C. The van der Waals surface area contributed by atoms with Gasteiger partial charge < -0.3 is 9.64 Å². The van der Waals surface area contributed by atoms with Gasteiger partial charge in [-0.05, 0) is 52.3 Å². The minimum Gasteiger partial charge on any atom is -0.476 e. The second kappa shape index (κ2) is 5.98. The summed E-state index contributed by atoms with van der Waals surface area (Å²) in [5, 5.41) is 17.2. The summed E-state index contributed by atoms with van der Waals surface area (Å²) >= 11 is 0. The molecule has 1 atom stereocenters. The summed E-state index contributed by atoms with van der Waals surface area (Å²) < 4.78 is 5.65. The van der Waals surface area contributed by atoms with Crippen LogP contribution in [0.5, 0.6) is 5.88 Å². The van der Waals surface area contributed by atoms with Crippen molar-refractivity contribution in [3.63, 3.8) is 0 Å². The number of hydrogen-bond donors (Lipinski definition) is 0. The zero-order valence-electron chi connectivity index (χ0n) is 11.8. The summed E-state index contributed by atoms with van der Waals surface area (Å²) in [4.78, 5) is 2.36. The van der Waals surface area contributed by atoms with E-state index < -0.39 is 0 Å². The van der Waals surface area contributed by atoms with E-state index in [2.05, 4.69) is 28.2 Å². The number of aromatic nitrogens is 2. The maximum absolute atomic E-state index is 9.17. The Morgan fingerprint density at radius 1 is 1.42 bits per heavy atom. The smallest absolute Gasteiger partial charge is 0.251 e. The molecule has 0 bridgehead atoms. The molecule has 5 nitrogen and oxygen atoms in total. The van der Waals surface area contributed by atoms with Gasteiger partial charge in [0.15, 0.2) is 0 Å². The molecular weight excluding hydrogens is 240 g/mol. The molecule has 1 saturated heterocycles. The molecule has 0 radical (unpaired) electrons. The first-order valence-corrected chi connectivity index (χ1v) is 6.70. The van der Waals surface area contributed by atoms with Crippen molar-refractivity contribution in [1.82, 2.24) is 15.1 Å². The molecule has 0 N–H and O–H groups in total. The van der Waals surface area contributed by atoms with Gasteiger partial charge in [0.2, 0.25) is 0 Å². The number of aryl methyl sites for hydroxylation is 1. The Morgan fingerprint density at radius 2 is 2.21 bits per heavy atom. The fourth-order valence-electron chi connectivity index (χ4n) is 2.46. The average molecular weight is 260 g/mol. The highest BCUT2D eigenvalue weighted by atomic mass is 16.5. The highest BCUT2D eigenvalue weighted by Crippen LogP contribution is 2.21. The van der Waals surface area contributed by atoms with Crippen LogP contribution in [0.25, 0.3) is 0 Å². The van der Waals surface area contributed by atoms with E-state index in [9.17, 15) is 5.26 Å². The lowest BCUT2D eigenvalue weighted by atomic mass is 10.1. The normalized spacial score (nSPS) is 19.4. The first kappa shape index (κ1) is 13.8. The number of nitriles is 1. The van der Waals surface area contributed by atoms with Crippen LogP contribution in [0.4, 0.5) is 0 Å². The Balaban J connectivity index is 1.96. The van der Waals surface area contributed by atoms with E-state index in [4.69, 9.17) is 4.74 Å². The predicted octanol–water partition coefficient (Wildman–Crippen LogP) is 1.83. The van der Waals surface area contributed by atoms with Crippen molar-refractivity contribution in [3.05, 3.63) is 16.8 Å². The number of likely N-dealkylation sites (tertiary alicyclic amines) is 1. The van der Waals surface area contributed by atoms with Crippen LogP contribution in [-0.2, 0) is 0 Å². The molecule has 102 valence electrons. The van der Waals surface area contributed by atoms with Gasteiger partial charge in [0.25, 0.3) is 5.88 Å². The van der Waals surface area contributed by atoms with Crippen molar-refractivity contribution in [2.45, 2.75) is 39.2 Å². The highest BCUT2D eigenvalue weighted by Gasteiger charge is 2.21. The average Bonchev–Trinajstić information content (AvgIpc) is 2.80. The molecule has 1 aromatic rings. The summed E-state index contributed by atoms with van der Waals surface area (Å²) in [5.74, 6) is 0.367. The Hall–Kier alpha value is -1.67. The molecule has 2 heterocycles. The molecule has 0 aromatic carbocycles. The first-order valence-electron chi connectivity index (χ1n) is 6.70. The molecule has 0 saturated carbocycles. The second-order valence-electron chi connectivity index (χ2n) is 5.12. The van der Waals surface area contributed by atoms with Crippen molar-refractivity contribution in [1.29, 1.82) is 5.26 Å². The number of ether oxygens (including phenoxy) is 1. The van der Waals surface area contributed by atoms with Gasteiger partial charge in [-0.2, -0.15) is 10.4 Å². The molecule has 2 rings (SSSR count). The van der Waals surface area contributed by atoms with Crippen molar-refractivity contribution < 1.29 is 4.74 Å². The van der Waals surface area contributed by atoms with Gasteiger partial charge in [-0.25, -0.2) is 0 Å². The van der Waals surface area contributed by atoms with Gasteiger partial charge >= 0.3 is 0 Å². The summed E-state index contributed by atoms with van der Waals surface area (Å²) in [6, 6.07) is 2.74. The fraction of sp³-hybridized carbons (Fsp3) is 0.643. The van der Waals surface area contributed by atoms with Crippen molar-refractivity contribution >= 4 is 0 Å². The highest BCUT2D eigenvalue weighted by molar-refractivity contribution is 5.44. The van der Waals surface area contributed by atoms with Crippen molar-refractivity contribution in [3.8, 4) is 11.9 Å². The van der Waals surface area contributed by atoms with E-state index in [0.29, 0.717) is 24.1 Å². The van der Waals surface area contributed by atoms with Crippen LogP contribution in [0.3, 0.4) is 0 Å². The standard InChI is InChI=1S/C14H20N4O/c1-10-11(2)16-17-14(13(10)9-15)19-8-6-12-5-4-7-18(12)3/h12H,4-8H2,1-3H3. The largest absolute Gasteiger partial charge is 0.476 e. The van der Waals surface area contributed by atoms with Gasteiger partial charge in [-0.1, -0.05) is 0 Å². The Labute approximate surface area is 114 Å². The van der Waals surface area contributed by atoms with Gasteiger partial charge in [-0.15, -0.1) is 5.10 Å². The maximum Gasteiger partial charge on any atom is 0.251 e. The summed E-state index contributed by atoms with van der Waals surface area (Å²) in [5.41, 5.74) is 2.14. The molecule has 0 amide bonds. The Morgan fingerprint density at radius 3 is 2.84 bits per heavy atom. The monoisotopic (exact) mass is 260 g/mol. The van der Waals surface area contributed by atoms with E-state index in [1.54, 1.807) is 0 Å². The summed E-state index contributed by atoms with van der Waals surface area (Å²) in [7, 11) is 2.15. The molecule has 0 aliphatic carbocycles. The second-order valence-corrected chi connectivity index (χ2v) is 5.12. The minimum absolute atomic E-state index is 0.367. The van der Waals surface area contributed by atoms with Crippen LogP contribution in [0.2, 0.25) is 0 Å². The van der Waals surface area contributed by atoms with E-state index in [1.165, 1.54) is 12.8 Å². The predicted molar refractivity (Wildman–Crippen MR) is 72.0 cm³/mol. The molecule has 1 fully saturated rings. The first-order chi connectivity index (χ1) is 9.13. The van der Waals surface area contributed by atoms with Crippen LogP contribution in [0.15, 0.2) is 0 Å². The quantitative estimate of drug-likeness (QED) is 0.826. The van der Waals surface area contributed by atoms with Crippen LogP contribution < -0.4 is 4.74 Å². The molecule has 1 aromatic heterocycles. The third-order valence-electron chi connectivity index (χ3n) is 3.90. The lowest BCUT2D eigenvalue weighted by Gasteiger charge is -2.19. The number of hydrogen-bond acceptors (Lipinski definition) is 5. The van der Waals surface area contributed by atoms with Crippen LogP contribution in [-0.4, -0.2) is 41.3 Å². The number of nitrogens with zero attached hydrogens (tertiary/aromatic N) is 4. The fourth-order valence-corrected chi connectivity index (χ4v) is 2.46. The Kier molecular flexibility index (Phi) is 4.33. The Bertz CT molecular complexity index is 495. The molecule has 1 unspecified atom stereocenters. The van der Waals surface area contributed by atoms with Crippen molar-refractivity contribution in [2.75, 3.05) is 20.2 Å². The van der Waals surface area contributed by atoms with Gasteiger partial charge in [0.1, 0.15) is 11.6 Å². The van der Waals surface area contributed by atoms with Gasteiger partial charge in [0, 0.05) is 6.04 Å². The van der Waals surface area contributed by atoms with E-state index >= 15 is 0 Å². The zero-order chi connectivity index (χ0) is 13.8. The molecule has 0 spiro atoms. The molecule has 19 heavy (non-hydrogen) atoms. The van der Waals surface area contributed by atoms with Crippen LogP contribution in [0, 0.1) is 25.2 Å². The van der Waals surface area contributed by atoms with Gasteiger partial charge in [-0.3, -0.25) is 0 Å². The molecule has 5 heteroatoms. The third-order valence-corrected chi connectivity index (χ3v) is 3.90. The summed E-state index contributed by atoms with van der Waals surface area (Å²) in [6.07, 6.45) is 3.45. The van der Waals surface area contributed by atoms with Gasteiger partial charge in [0.05, 0.1) is 12.3 Å². The van der Waals surface area contributed by atoms with E-state index in [-0.39, 0.29) is 0 Å². The zero-order valence-corrected chi connectivity index (χ0v) is 11.8. The maximum atomic E-state index is 9.17. The number of rotatable bonds is 4. The van der Waals surface area contributed by atoms with Crippen LogP contribution in [0.1, 0.15) is 36.1 Å². The van der Waals surface area contributed by atoms with E-state index in [1.807, 2.05) is 13.8 Å². The van der Waals surface area contributed by atoms with E-state index in [0.717, 1.165) is 24.2 Å². The third kappa shape index (κ3) is 3.02. The lowest BCUT2D eigenvalue weighted by Crippen LogP contribution is -2.26. The minimum atomic E-state index is 0.367. The van der Waals surface area contributed by atoms with Crippen molar-refractivity contribution in [2.24, 2.45) is 0 Å². The van der Waals surface area contributed by atoms with Crippen LogP contribution >= 0.6 is 0 Å². The topological polar surface area (TPSA) is 62.0 Å². The molecular formula is C14H20N4O. The molecule has 1 aliphatic rings. The lowest BCUT2D eigenvalue weighted by molar-refractivity contribution is 0.226. The molecule has 1 aliphatic heterocycles. The summed E-state index contributed by atoms with van der Waals surface area (Å²) in [6.45, 7) is 5.47.